The zero-order valence-electron chi connectivity index (χ0n) is 17.7. The van der Waals surface area contributed by atoms with Crippen molar-refractivity contribution in [2.24, 2.45) is 0 Å². The molecule has 0 aromatic heterocycles. The second kappa shape index (κ2) is 8.68. The van der Waals surface area contributed by atoms with E-state index in [2.05, 4.69) is 13.8 Å². The van der Waals surface area contributed by atoms with Gasteiger partial charge >= 0.3 is 5.97 Å². The average molecular weight is 395 g/mol. The van der Waals surface area contributed by atoms with Crippen LogP contribution in [-0.2, 0) is 14.3 Å². The van der Waals surface area contributed by atoms with Gasteiger partial charge in [0.05, 0.1) is 13.0 Å². The van der Waals surface area contributed by atoms with Gasteiger partial charge in [-0.1, -0.05) is 50.2 Å². The maximum atomic E-state index is 13.4. The zero-order valence-corrected chi connectivity index (χ0v) is 17.7. The molecule has 0 aliphatic carbocycles. The highest BCUT2D eigenvalue weighted by Gasteiger charge is 2.39. The van der Waals surface area contributed by atoms with Crippen LogP contribution in [-0.4, -0.2) is 31.1 Å². The Morgan fingerprint density at radius 3 is 2.38 bits per heavy atom. The third kappa shape index (κ3) is 4.14. The molecule has 0 fully saturated rings. The predicted octanol–water partition coefficient (Wildman–Crippen LogP) is 4.66. The van der Waals surface area contributed by atoms with E-state index in [1.54, 1.807) is 11.8 Å². The van der Waals surface area contributed by atoms with Crippen LogP contribution in [0.5, 0.6) is 5.75 Å². The molecule has 0 radical (unpaired) electrons. The highest BCUT2D eigenvalue weighted by atomic mass is 16.5. The Morgan fingerprint density at radius 2 is 1.69 bits per heavy atom. The Bertz CT molecular complexity index is 892. The minimum Gasteiger partial charge on any atom is -0.481 e. The molecule has 1 amide bonds. The van der Waals surface area contributed by atoms with E-state index < -0.39 is 6.10 Å². The normalized spacial score (nSPS) is 19.4. The van der Waals surface area contributed by atoms with Crippen LogP contribution in [0.3, 0.4) is 0 Å². The maximum absolute atomic E-state index is 13.4. The van der Waals surface area contributed by atoms with E-state index in [4.69, 9.17) is 9.47 Å². The standard InChI is InChI=1S/C24H29NO4/c1-15(2)18-10-7-9-13-22(18)29-17(4)23(26)25-16(3)14-20(24(27)28-5)19-11-6-8-12-21(19)25/h6-13,15-17,20H,14H2,1-5H3. The fourth-order valence-electron chi connectivity index (χ4n) is 4.02. The first kappa shape index (κ1) is 20.9. The molecule has 3 unspecified atom stereocenters. The second-order valence-corrected chi connectivity index (χ2v) is 7.88. The maximum Gasteiger partial charge on any atom is 0.313 e. The van der Waals surface area contributed by atoms with Crippen LogP contribution in [0.25, 0.3) is 0 Å². The van der Waals surface area contributed by atoms with Crippen molar-refractivity contribution in [2.45, 2.75) is 58.1 Å². The summed E-state index contributed by atoms with van der Waals surface area (Å²) in [7, 11) is 1.40. The fraction of sp³-hybridized carbons (Fsp3) is 0.417. The number of amides is 1. The molecular formula is C24H29NO4. The Balaban J connectivity index is 1.89. The number of esters is 1. The van der Waals surface area contributed by atoms with Gasteiger partial charge in [0.15, 0.2) is 6.10 Å². The van der Waals surface area contributed by atoms with Crippen LogP contribution in [0, 0.1) is 0 Å². The van der Waals surface area contributed by atoms with E-state index in [0.29, 0.717) is 12.3 Å². The van der Waals surface area contributed by atoms with Crippen LogP contribution in [0.15, 0.2) is 48.5 Å². The molecule has 1 aliphatic rings. The summed E-state index contributed by atoms with van der Waals surface area (Å²) in [5, 5.41) is 0. The highest BCUT2D eigenvalue weighted by Crippen LogP contribution is 2.39. The lowest BCUT2D eigenvalue weighted by atomic mass is 9.85. The molecule has 0 saturated heterocycles. The second-order valence-electron chi connectivity index (χ2n) is 7.88. The lowest BCUT2D eigenvalue weighted by Gasteiger charge is -2.39. The Kier molecular flexibility index (Phi) is 6.26. The molecule has 154 valence electrons. The number of para-hydroxylation sites is 2. The molecular weight excluding hydrogens is 366 g/mol. The summed E-state index contributed by atoms with van der Waals surface area (Å²) in [4.78, 5) is 27.4. The van der Waals surface area contributed by atoms with Gasteiger partial charge in [-0.05, 0) is 49.4 Å². The van der Waals surface area contributed by atoms with Crippen LogP contribution < -0.4 is 9.64 Å². The molecule has 1 aliphatic heterocycles. The molecule has 3 atom stereocenters. The summed E-state index contributed by atoms with van der Waals surface area (Å²) >= 11 is 0. The SMILES string of the molecule is COC(=O)C1CC(C)N(C(=O)C(C)Oc2ccccc2C(C)C)c2ccccc21. The fourth-order valence-corrected chi connectivity index (χ4v) is 4.02. The van der Waals surface area contributed by atoms with Gasteiger partial charge in [0.25, 0.3) is 5.91 Å². The van der Waals surface area contributed by atoms with E-state index in [1.807, 2.05) is 55.5 Å². The van der Waals surface area contributed by atoms with E-state index >= 15 is 0 Å². The molecule has 1 heterocycles. The van der Waals surface area contributed by atoms with Gasteiger partial charge in [0, 0.05) is 11.7 Å². The molecule has 0 spiro atoms. The van der Waals surface area contributed by atoms with Crippen molar-refractivity contribution in [1.29, 1.82) is 0 Å². The number of rotatable bonds is 5. The van der Waals surface area contributed by atoms with Crippen molar-refractivity contribution in [2.75, 3.05) is 12.0 Å². The van der Waals surface area contributed by atoms with Gasteiger partial charge in [-0.2, -0.15) is 0 Å². The third-order valence-corrected chi connectivity index (χ3v) is 5.50. The number of benzene rings is 2. The van der Waals surface area contributed by atoms with Crippen molar-refractivity contribution in [3.05, 3.63) is 59.7 Å². The molecule has 3 rings (SSSR count). The molecule has 29 heavy (non-hydrogen) atoms. The number of hydrogen-bond donors (Lipinski definition) is 0. The number of hydrogen-bond acceptors (Lipinski definition) is 4. The molecule has 5 nitrogen and oxygen atoms in total. The lowest BCUT2D eigenvalue weighted by molar-refractivity contribution is -0.143. The number of carbonyl (C=O) groups excluding carboxylic acids is 2. The monoisotopic (exact) mass is 395 g/mol. The van der Waals surface area contributed by atoms with E-state index in [-0.39, 0.29) is 23.8 Å². The van der Waals surface area contributed by atoms with E-state index in [9.17, 15) is 9.59 Å². The molecule has 5 heteroatoms. The number of ether oxygens (including phenoxy) is 2. The molecule has 2 aromatic rings. The highest BCUT2D eigenvalue weighted by molar-refractivity contribution is 5.99. The molecule has 0 bridgehead atoms. The van der Waals surface area contributed by atoms with Crippen molar-refractivity contribution in [3.63, 3.8) is 0 Å². The Hall–Kier alpha value is -2.82. The Morgan fingerprint density at radius 1 is 1.03 bits per heavy atom. The molecule has 0 saturated carbocycles. The Labute approximate surface area is 172 Å². The largest absolute Gasteiger partial charge is 0.481 e. The number of fused-ring (bicyclic) bond motifs is 1. The first-order valence-electron chi connectivity index (χ1n) is 10.1. The average Bonchev–Trinajstić information content (AvgIpc) is 2.72. The van der Waals surface area contributed by atoms with Crippen LogP contribution in [0.1, 0.15) is 57.1 Å². The smallest absolute Gasteiger partial charge is 0.313 e. The van der Waals surface area contributed by atoms with Gasteiger partial charge in [0.2, 0.25) is 0 Å². The summed E-state index contributed by atoms with van der Waals surface area (Å²) in [6, 6.07) is 15.2. The predicted molar refractivity (Wildman–Crippen MR) is 113 cm³/mol. The summed E-state index contributed by atoms with van der Waals surface area (Å²) in [6.45, 7) is 7.94. The lowest BCUT2D eigenvalue weighted by Crippen LogP contribution is -2.49. The first-order chi connectivity index (χ1) is 13.8. The van der Waals surface area contributed by atoms with Gasteiger partial charge in [0.1, 0.15) is 5.75 Å². The van der Waals surface area contributed by atoms with Crippen molar-refractivity contribution in [1.82, 2.24) is 0 Å². The quantitative estimate of drug-likeness (QED) is 0.691. The van der Waals surface area contributed by atoms with Gasteiger partial charge in [-0.3, -0.25) is 9.59 Å². The number of methoxy groups -OCH3 is 1. The van der Waals surface area contributed by atoms with E-state index in [0.717, 1.165) is 22.6 Å². The third-order valence-electron chi connectivity index (χ3n) is 5.50. The number of carbonyl (C=O) groups is 2. The van der Waals surface area contributed by atoms with Crippen molar-refractivity contribution >= 4 is 17.6 Å². The number of anilines is 1. The van der Waals surface area contributed by atoms with Crippen LogP contribution in [0.2, 0.25) is 0 Å². The molecule has 2 aromatic carbocycles. The van der Waals surface area contributed by atoms with Crippen molar-refractivity contribution < 1.29 is 19.1 Å². The molecule has 0 N–H and O–H groups in total. The van der Waals surface area contributed by atoms with Gasteiger partial charge in [-0.25, -0.2) is 0 Å². The van der Waals surface area contributed by atoms with Crippen LogP contribution in [0.4, 0.5) is 5.69 Å². The zero-order chi connectivity index (χ0) is 21.1. The summed E-state index contributed by atoms with van der Waals surface area (Å²) in [6.07, 6.45) is -0.134. The van der Waals surface area contributed by atoms with E-state index in [1.165, 1.54) is 7.11 Å². The van der Waals surface area contributed by atoms with Gasteiger partial charge in [-0.15, -0.1) is 0 Å². The summed E-state index contributed by atoms with van der Waals surface area (Å²) in [5.74, 6) is 0.268. The minimum absolute atomic E-state index is 0.119. The van der Waals surface area contributed by atoms with Crippen molar-refractivity contribution in [3.8, 4) is 5.75 Å². The number of nitrogens with zero attached hydrogens (tertiary/aromatic N) is 1. The summed E-state index contributed by atoms with van der Waals surface area (Å²) in [5.41, 5.74) is 2.64. The topological polar surface area (TPSA) is 55.8 Å². The van der Waals surface area contributed by atoms with Crippen LogP contribution >= 0.6 is 0 Å². The summed E-state index contributed by atoms with van der Waals surface area (Å²) < 4.78 is 11.1. The van der Waals surface area contributed by atoms with Gasteiger partial charge < -0.3 is 14.4 Å². The minimum atomic E-state index is -0.653. The first-order valence-corrected chi connectivity index (χ1v) is 10.1.